The van der Waals surface area contributed by atoms with Gasteiger partial charge in [0.05, 0.1) is 13.3 Å². The van der Waals surface area contributed by atoms with Crippen molar-refractivity contribution in [2.75, 3.05) is 7.11 Å². The maximum Gasteiger partial charge on any atom is 0.261 e. The van der Waals surface area contributed by atoms with Gasteiger partial charge in [-0.25, -0.2) is 0 Å². The molecule has 0 radical (unpaired) electrons. The third-order valence-corrected chi connectivity index (χ3v) is 2.92. The number of methoxy groups -OCH3 is 1. The van der Waals surface area contributed by atoms with E-state index in [1.54, 1.807) is 38.6 Å². The van der Waals surface area contributed by atoms with Crippen molar-refractivity contribution in [3.63, 3.8) is 0 Å². The number of rotatable bonds is 6. The fourth-order valence-electron chi connectivity index (χ4n) is 1.79. The van der Waals surface area contributed by atoms with Crippen molar-refractivity contribution in [1.29, 1.82) is 0 Å². The summed E-state index contributed by atoms with van der Waals surface area (Å²) in [5.41, 5.74) is 0.969. The Hall–Kier alpha value is -2.56. The third-order valence-electron chi connectivity index (χ3n) is 2.92. The highest BCUT2D eigenvalue weighted by atomic mass is 16.5. The zero-order valence-corrected chi connectivity index (χ0v) is 12.1. The summed E-state index contributed by atoms with van der Waals surface area (Å²) in [6.07, 6.45) is 2.64. The van der Waals surface area contributed by atoms with Crippen molar-refractivity contribution in [3.8, 4) is 11.5 Å². The van der Waals surface area contributed by atoms with Crippen molar-refractivity contribution < 1.29 is 14.3 Å². The summed E-state index contributed by atoms with van der Waals surface area (Å²) in [6.45, 7) is 2.13. The molecule has 0 aliphatic carbocycles. The first-order valence-electron chi connectivity index (χ1n) is 6.66. The van der Waals surface area contributed by atoms with E-state index < -0.39 is 6.10 Å². The fraction of sp³-hybridized carbons (Fsp3) is 0.250. The van der Waals surface area contributed by atoms with Crippen LogP contribution in [-0.2, 0) is 11.3 Å². The Bertz CT molecular complexity index is 587. The molecule has 1 aromatic heterocycles. The van der Waals surface area contributed by atoms with E-state index in [0.29, 0.717) is 12.3 Å². The second-order valence-electron chi connectivity index (χ2n) is 4.52. The Kier molecular flexibility index (Phi) is 5.15. The van der Waals surface area contributed by atoms with Crippen LogP contribution in [0.3, 0.4) is 0 Å². The van der Waals surface area contributed by atoms with Crippen LogP contribution in [0, 0.1) is 0 Å². The molecule has 21 heavy (non-hydrogen) atoms. The van der Waals surface area contributed by atoms with Gasteiger partial charge in [0.25, 0.3) is 5.91 Å². The molecule has 0 fully saturated rings. The predicted molar refractivity (Wildman–Crippen MR) is 79.2 cm³/mol. The lowest BCUT2D eigenvalue weighted by Gasteiger charge is -2.14. The van der Waals surface area contributed by atoms with Crippen molar-refractivity contribution >= 4 is 5.91 Å². The second kappa shape index (κ2) is 7.28. The molecular formula is C16H18N2O3. The van der Waals surface area contributed by atoms with Crippen LogP contribution in [0.1, 0.15) is 12.5 Å². The second-order valence-corrected chi connectivity index (χ2v) is 4.52. The van der Waals surface area contributed by atoms with Crippen molar-refractivity contribution in [2.45, 2.75) is 19.6 Å². The molecule has 0 unspecified atom stereocenters. The quantitative estimate of drug-likeness (QED) is 0.884. The Morgan fingerprint density at radius 1 is 1.29 bits per heavy atom. The molecule has 0 aliphatic rings. The molecule has 1 aromatic carbocycles. The summed E-state index contributed by atoms with van der Waals surface area (Å²) in [6, 6.07) is 11.1. The lowest BCUT2D eigenvalue weighted by atomic mass is 10.2. The Labute approximate surface area is 123 Å². The van der Waals surface area contributed by atoms with Gasteiger partial charge < -0.3 is 14.8 Å². The molecule has 110 valence electrons. The van der Waals surface area contributed by atoms with Crippen LogP contribution in [-0.4, -0.2) is 24.1 Å². The smallest absolute Gasteiger partial charge is 0.261 e. The normalized spacial score (nSPS) is 11.5. The molecule has 0 spiro atoms. The molecule has 2 aromatic rings. The number of amides is 1. The van der Waals surface area contributed by atoms with Crippen LogP contribution in [0.2, 0.25) is 0 Å². The van der Waals surface area contributed by atoms with Crippen LogP contribution in [0.4, 0.5) is 0 Å². The zero-order valence-electron chi connectivity index (χ0n) is 12.1. The predicted octanol–water partition coefficient (Wildman–Crippen LogP) is 2.17. The Balaban J connectivity index is 1.86. The maximum absolute atomic E-state index is 12.0. The summed E-state index contributed by atoms with van der Waals surface area (Å²) in [5, 5.41) is 2.83. The first kappa shape index (κ1) is 14.8. The molecule has 1 amide bonds. The summed E-state index contributed by atoms with van der Waals surface area (Å²) in [7, 11) is 1.61. The van der Waals surface area contributed by atoms with Crippen LogP contribution in [0.5, 0.6) is 11.5 Å². The summed E-state index contributed by atoms with van der Waals surface area (Å²) in [5.74, 6) is 1.16. The summed E-state index contributed by atoms with van der Waals surface area (Å²) >= 11 is 0. The first-order chi connectivity index (χ1) is 10.2. The number of pyridine rings is 1. The minimum absolute atomic E-state index is 0.179. The highest BCUT2D eigenvalue weighted by Crippen LogP contribution is 2.12. The molecule has 0 saturated heterocycles. The van der Waals surface area contributed by atoms with E-state index in [1.807, 2.05) is 24.3 Å². The van der Waals surface area contributed by atoms with Crippen molar-refractivity contribution in [2.24, 2.45) is 0 Å². The number of carbonyl (C=O) groups excluding carboxylic acids is 1. The molecule has 5 heteroatoms. The van der Waals surface area contributed by atoms with Gasteiger partial charge in [-0.15, -0.1) is 0 Å². The van der Waals surface area contributed by atoms with Gasteiger partial charge in [-0.05, 0) is 36.8 Å². The molecule has 5 nitrogen and oxygen atoms in total. The number of nitrogens with one attached hydrogen (secondary N) is 1. The van der Waals surface area contributed by atoms with Gasteiger partial charge in [0, 0.05) is 12.7 Å². The number of nitrogens with zero attached hydrogens (tertiary/aromatic N) is 1. The maximum atomic E-state index is 12.0. The summed E-state index contributed by atoms with van der Waals surface area (Å²) < 4.78 is 10.7. The van der Waals surface area contributed by atoms with E-state index in [4.69, 9.17) is 9.47 Å². The Morgan fingerprint density at radius 2 is 2.10 bits per heavy atom. The van der Waals surface area contributed by atoms with Crippen LogP contribution >= 0.6 is 0 Å². The Morgan fingerprint density at radius 3 is 2.81 bits per heavy atom. The standard InChI is InChI=1S/C16H18N2O3/c1-12(21-15-7-4-8-17-11-15)16(19)18-10-13-5-3-6-14(9-13)20-2/h3-9,11-12H,10H2,1-2H3,(H,18,19)/t12-/m1/s1. The molecule has 1 N–H and O–H groups in total. The minimum atomic E-state index is -0.584. The monoisotopic (exact) mass is 286 g/mol. The van der Waals surface area contributed by atoms with Gasteiger partial charge >= 0.3 is 0 Å². The largest absolute Gasteiger partial charge is 0.497 e. The van der Waals surface area contributed by atoms with E-state index in [1.165, 1.54) is 0 Å². The van der Waals surface area contributed by atoms with E-state index in [2.05, 4.69) is 10.3 Å². The molecule has 1 heterocycles. The third kappa shape index (κ3) is 4.49. The highest BCUT2D eigenvalue weighted by molar-refractivity contribution is 5.80. The summed E-state index contributed by atoms with van der Waals surface area (Å²) in [4.78, 5) is 15.9. The molecule has 0 saturated carbocycles. The lowest BCUT2D eigenvalue weighted by Crippen LogP contribution is -2.35. The SMILES string of the molecule is COc1cccc(CNC(=O)[C@@H](C)Oc2cccnc2)c1. The van der Waals surface area contributed by atoms with Gasteiger partial charge in [-0.1, -0.05) is 12.1 Å². The van der Waals surface area contributed by atoms with E-state index in [0.717, 1.165) is 11.3 Å². The van der Waals surface area contributed by atoms with Crippen LogP contribution in [0.25, 0.3) is 0 Å². The number of aromatic nitrogens is 1. The average Bonchev–Trinajstić information content (AvgIpc) is 2.53. The molecule has 1 atom stereocenters. The van der Waals surface area contributed by atoms with E-state index in [-0.39, 0.29) is 5.91 Å². The van der Waals surface area contributed by atoms with Crippen LogP contribution in [0.15, 0.2) is 48.8 Å². The molecule has 0 aliphatic heterocycles. The zero-order chi connectivity index (χ0) is 15.1. The molecule has 0 bridgehead atoms. The van der Waals surface area contributed by atoms with Gasteiger partial charge in [0.2, 0.25) is 0 Å². The minimum Gasteiger partial charge on any atom is -0.497 e. The number of hydrogen-bond acceptors (Lipinski definition) is 4. The molecule has 2 rings (SSSR count). The first-order valence-corrected chi connectivity index (χ1v) is 6.66. The fourth-order valence-corrected chi connectivity index (χ4v) is 1.79. The van der Waals surface area contributed by atoms with Crippen molar-refractivity contribution in [1.82, 2.24) is 10.3 Å². The van der Waals surface area contributed by atoms with Gasteiger partial charge in [0.15, 0.2) is 6.10 Å². The van der Waals surface area contributed by atoms with Gasteiger partial charge in [-0.2, -0.15) is 0 Å². The number of carbonyl (C=O) groups is 1. The highest BCUT2D eigenvalue weighted by Gasteiger charge is 2.14. The topological polar surface area (TPSA) is 60.5 Å². The lowest BCUT2D eigenvalue weighted by molar-refractivity contribution is -0.127. The van der Waals surface area contributed by atoms with E-state index >= 15 is 0 Å². The number of hydrogen-bond donors (Lipinski definition) is 1. The van der Waals surface area contributed by atoms with Gasteiger partial charge in [0.1, 0.15) is 11.5 Å². The van der Waals surface area contributed by atoms with E-state index in [9.17, 15) is 4.79 Å². The number of ether oxygens (including phenoxy) is 2. The van der Waals surface area contributed by atoms with Crippen LogP contribution < -0.4 is 14.8 Å². The molecular weight excluding hydrogens is 268 g/mol. The average molecular weight is 286 g/mol. The number of benzene rings is 1. The van der Waals surface area contributed by atoms with Gasteiger partial charge in [-0.3, -0.25) is 9.78 Å². The van der Waals surface area contributed by atoms with Crippen molar-refractivity contribution in [3.05, 3.63) is 54.4 Å².